The highest BCUT2D eigenvalue weighted by Crippen LogP contribution is 2.41. The summed E-state index contributed by atoms with van der Waals surface area (Å²) in [6.07, 6.45) is 0. The van der Waals surface area contributed by atoms with Gasteiger partial charge in [0.15, 0.2) is 11.6 Å². The highest BCUT2D eigenvalue weighted by molar-refractivity contribution is 5.94. The zero-order chi connectivity index (χ0) is 12.0. The molecule has 3 rings (SSSR count). The van der Waals surface area contributed by atoms with Gasteiger partial charge in [-0.25, -0.2) is 8.78 Å². The van der Waals surface area contributed by atoms with Gasteiger partial charge in [-0.2, -0.15) is 0 Å². The highest BCUT2D eigenvalue weighted by Gasteiger charge is 2.53. The van der Waals surface area contributed by atoms with Crippen LogP contribution in [0, 0.1) is 23.5 Å². The number of piperidine rings is 1. The molecule has 3 nitrogen and oxygen atoms in total. The first-order valence-electron chi connectivity index (χ1n) is 5.63. The maximum absolute atomic E-state index is 13.0. The van der Waals surface area contributed by atoms with Crippen molar-refractivity contribution in [2.45, 2.75) is 6.04 Å². The van der Waals surface area contributed by atoms with E-state index < -0.39 is 11.6 Å². The van der Waals surface area contributed by atoms with Gasteiger partial charge < -0.3 is 10.6 Å². The lowest BCUT2D eigenvalue weighted by atomic mass is 10.2. The molecule has 1 amide bonds. The molecule has 1 aromatic carbocycles. The largest absolute Gasteiger partial charge is 0.349 e. The molecule has 2 unspecified atom stereocenters. The molecule has 5 heteroatoms. The standard InChI is InChI=1S/C12H12F2N2O/c13-9-2-1-6(3-10(9)14)12(17)16-11-7-4-15-5-8(7)11/h1-3,7-8,11,15H,4-5H2,(H,16,17). The molecule has 2 aliphatic rings. The topological polar surface area (TPSA) is 41.1 Å². The molecule has 0 bridgehead atoms. The third kappa shape index (κ3) is 1.80. The molecule has 1 aromatic rings. The second-order valence-electron chi connectivity index (χ2n) is 4.61. The van der Waals surface area contributed by atoms with Gasteiger partial charge in [-0.1, -0.05) is 0 Å². The van der Waals surface area contributed by atoms with Gasteiger partial charge in [-0.05, 0) is 30.0 Å². The molecule has 0 aromatic heterocycles. The Kier molecular flexibility index (Phi) is 2.36. The predicted octanol–water partition coefficient (Wildman–Crippen LogP) is 0.912. The molecular formula is C12H12F2N2O. The van der Waals surface area contributed by atoms with Crippen molar-refractivity contribution in [3.05, 3.63) is 35.4 Å². The number of hydrogen-bond acceptors (Lipinski definition) is 2. The maximum Gasteiger partial charge on any atom is 0.251 e. The second kappa shape index (κ2) is 3.77. The molecular weight excluding hydrogens is 226 g/mol. The SMILES string of the molecule is O=C(NC1C2CNCC21)c1ccc(F)c(F)c1. The zero-order valence-electron chi connectivity index (χ0n) is 9.04. The quantitative estimate of drug-likeness (QED) is 0.804. The molecule has 2 atom stereocenters. The predicted molar refractivity (Wildman–Crippen MR) is 57.5 cm³/mol. The summed E-state index contributed by atoms with van der Waals surface area (Å²) < 4.78 is 25.7. The van der Waals surface area contributed by atoms with Crippen molar-refractivity contribution >= 4 is 5.91 Å². The summed E-state index contributed by atoms with van der Waals surface area (Å²) in [7, 11) is 0. The minimum atomic E-state index is -0.990. The van der Waals surface area contributed by atoms with E-state index in [9.17, 15) is 13.6 Å². The number of hydrogen-bond donors (Lipinski definition) is 2. The summed E-state index contributed by atoms with van der Waals surface area (Å²) in [5, 5.41) is 6.07. The van der Waals surface area contributed by atoms with Crippen LogP contribution in [-0.2, 0) is 0 Å². The molecule has 1 heterocycles. The van der Waals surface area contributed by atoms with E-state index in [0.29, 0.717) is 11.8 Å². The maximum atomic E-state index is 13.0. The van der Waals surface area contributed by atoms with E-state index in [1.54, 1.807) is 0 Å². The van der Waals surface area contributed by atoms with Crippen LogP contribution in [0.15, 0.2) is 18.2 Å². The van der Waals surface area contributed by atoms with Crippen LogP contribution in [0.5, 0.6) is 0 Å². The Morgan fingerprint density at radius 2 is 1.94 bits per heavy atom. The minimum absolute atomic E-state index is 0.168. The van der Waals surface area contributed by atoms with Crippen LogP contribution in [0.3, 0.4) is 0 Å². The van der Waals surface area contributed by atoms with Crippen molar-refractivity contribution in [2.75, 3.05) is 13.1 Å². The summed E-state index contributed by atoms with van der Waals surface area (Å²) in [6.45, 7) is 1.85. The Morgan fingerprint density at radius 1 is 1.24 bits per heavy atom. The van der Waals surface area contributed by atoms with Gasteiger partial charge in [0.2, 0.25) is 0 Å². The van der Waals surface area contributed by atoms with E-state index in [1.807, 2.05) is 0 Å². The van der Waals surface area contributed by atoms with Crippen LogP contribution in [0.25, 0.3) is 0 Å². The first kappa shape index (κ1) is 10.7. The Balaban J connectivity index is 1.68. The summed E-state index contributed by atoms with van der Waals surface area (Å²) in [5.74, 6) is -1.25. The van der Waals surface area contributed by atoms with E-state index in [1.165, 1.54) is 6.07 Å². The lowest BCUT2D eigenvalue weighted by Crippen LogP contribution is -2.32. The molecule has 90 valence electrons. The van der Waals surface area contributed by atoms with Crippen molar-refractivity contribution in [1.29, 1.82) is 0 Å². The summed E-state index contributed by atoms with van der Waals surface area (Å²) in [6, 6.07) is 3.39. The highest BCUT2D eigenvalue weighted by atomic mass is 19.2. The van der Waals surface area contributed by atoms with Crippen molar-refractivity contribution in [1.82, 2.24) is 10.6 Å². The molecule has 17 heavy (non-hydrogen) atoms. The zero-order valence-corrected chi connectivity index (χ0v) is 9.04. The first-order chi connectivity index (χ1) is 8.16. The number of amides is 1. The molecule has 1 aliphatic carbocycles. The lowest BCUT2D eigenvalue weighted by Gasteiger charge is -2.07. The second-order valence-corrected chi connectivity index (χ2v) is 4.61. The average molecular weight is 238 g/mol. The number of halogens is 2. The van der Waals surface area contributed by atoms with Gasteiger partial charge in [-0.15, -0.1) is 0 Å². The van der Waals surface area contributed by atoms with Gasteiger partial charge in [-0.3, -0.25) is 4.79 Å². The fraction of sp³-hybridized carbons (Fsp3) is 0.417. The third-order valence-electron chi connectivity index (χ3n) is 3.57. The number of carbonyl (C=O) groups excluding carboxylic acids is 1. The Hall–Kier alpha value is -1.49. The van der Waals surface area contributed by atoms with Gasteiger partial charge in [0.1, 0.15) is 0 Å². The first-order valence-corrected chi connectivity index (χ1v) is 5.63. The Labute approximate surface area is 97.2 Å². The fourth-order valence-corrected chi connectivity index (χ4v) is 2.50. The van der Waals surface area contributed by atoms with Crippen molar-refractivity contribution in [3.63, 3.8) is 0 Å². The van der Waals surface area contributed by atoms with Crippen LogP contribution in [-0.4, -0.2) is 25.0 Å². The number of carbonyl (C=O) groups is 1. The van der Waals surface area contributed by atoms with Crippen LogP contribution in [0.4, 0.5) is 8.78 Å². The molecule has 1 saturated carbocycles. The van der Waals surface area contributed by atoms with Gasteiger partial charge >= 0.3 is 0 Å². The monoisotopic (exact) mass is 238 g/mol. The van der Waals surface area contributed by atoms with E-state index in [2.05, 4.69) is 10.6 Å². The van der Waals surface area contributed by atoms with E-state index in [-0.39, 0.29) is 17.5 Å². The van der Waals surface area contributed by atoms with E-state index >= 15 is 0 Å². The smallest absolute Gasteiger partial charge is 0.251 e. The summed E-state index contributed by atoms with van der Waals surface area (Å²) in [5.41, 5.74) is 0.168. The molecule has 0 radical (unpaired) electrons. The van der Waals surface area contributed by atoms with E-state index in [4.69, 9.17) is 0 Å². The number of rotatable bonds is 2. The number of benzene rings is 1. The number of nitrogens with one attached hydrogen (secondary N) is 2. The summed E-state index contributed by atoms with van der Waals surface area (Å²) >= 11 is 0. The Bertz CT molecular complexity index is 468. The van der Waals surface area contributed by atoms with E-state index in [0.717, 1.165) is 25.2 Å². The van der Waals surface area contributed by atoms with Gasteiger partial charge in [0, 0.05) is 24.7 Å². The molecule has 2 fully saturated rings. The van der Waals surface area contributed by atoms with Crippen molar-refractivity contribution in [2.24, 2.45) is 11.8 Å². The van der Waals surface area contributed by atoms with Crippen LogP contribution in [0.1, 0.15) is 10.4 Å². The molecule has 1 aliphatic heterocycles. The Morgan fingerprint density at radius 3 is 2.59 bits per heavy atom. The van der Waals surface area contributed by atoms with Crippen LogP contribution >= 0.6 is 0 Å². The van der Waals surface area contributed by atoms with Crippen molar-refractivity contribution in [3.8, 4) is 0 Å². The minimum Gasteiger partial charge on any atom is -0.349 e. The normalized spacial score (nSPS) is 29.9. The fourth-order valence-electron chi connectivity index (χ4n) is 2.50. The van der Waals surface area contributed by atoms with Crippen LogP contribution in [0.2, 0.25) is 0 Å². The lowest BCUT2D eigenvalue weighted by molar-refractivity contribution is 0.0946. The van der Waals surface area contributed by atoms with Crippen molar-refractivity contribution < 1.29 is 13.6 Å². The average Bonchev–Trinajstić information content (AvgIpc) is 2.76. The molecule has 2 N–H and O–H groups in total. The van der Waals surface area contributed by atoms with Gasteiger partial charge in [0.25, 0.3) is 5.91 Å². The summed E-state index contributed by atoms with van der Waals surface area (Å²) in [4.78, 5) is 11.8. The third-order valence-corrected chi connectivity index (χ3v) is 3.57. The molecule has 0 spiro atoms. The van der Waals surface area contributed by atoms with Crippen LogP contribution < -0.4 is 10.6 Å². The molecule has 1 saturated heterocycles. The van der Waals surface area contributed by atoms with Gasteiger partial charge in [0.05, 0.1) is 0 Å². The number of fused-ring (bicyclic) bond motifs is 1.